The van der Waals surface area contributed by atoms with Crippen LogP contribution in [0.3, 0.4) is 0 Å². The van der Waals surface area contributed by atoms with Crippen molar-refractivity contribution in [2.45, 2.75) is 25.7 Å². The number of halogens is 1. The van der Waals surface area contributed by atoms with E-state index in [1.807, 2.05) is 6.92 Å². The number of carboxylic acids is 1. The van der Waals surface area contributed by atoms with Crippen LogP contribution >= 0.6 is 0 Å². The van der Waals surface area contributed by atoms with Gasteiger partial charge in [0.05, 0.1) is 12.3 Å². The summed E-state index contributed by atoms with van der Waals surface area (Å²) in [5, 5.41) is 13.5. The van der Waals surface area contributed by atoms with Crippen LogP contribution in [-0.4, -0.2) is 53.3 Å². The number of ether oxygens (including phenoxy) is 1. The normalized spacial score (nSPS) is 17.2. The lowest BCUT2D eigenvalue weighted by Crippen LogP contribution is -2.37. The lowest BCUT2D eigenvalue weighted by atomic mass is 9.91. The molecule has 1 aliphatic rings. The van der Waals surface area contributed by atoms with Gasteiger partial charge in [0.2, 0.25) is 0 Å². The van der Waals surface area contributed by atoms with Crippen molar-refractivity contribution < 1.29 is 28.3 Å². The number of nitrogens with zero attached hydrogens (tertiary/aromatic N) is 2. The molecule has 2 heterocycles. The number of benzene rings is 1. The minimum absolute atomic E-state index is 0.134. The molecule has 0 amide bonds. The summed E-state index contributed by atoms with van der Waals surface area (Å²) in [4.78, 5) is 24.1. The highest BCUT2D eigenvalue weighted by atomic mass is 19.1. The number of likely N-dealkylation sites (tertiary alicyclic amines) is 1. The van der Waals surface area contributed by atoms with Crippen molar-refractivity contribution >= 4 is 22.9 Å². The Labute approximate surface area is 161 Å². The van der Waals surface area contributed by atoms with E-state index in [2.05, 4.69) is 10.1 Å². The van der Waals surface area contributed by atoms with Crippen molar-refractivity contribution in [3.63, 3.8) is 0 Å². The summed E-state index contributed by atoms with van der Waals surface area (Å²) < 4.78 is 23.6. The Morgan fingerprint density at radius 2 is 2.14 bits per heavy atom. The number of aliphatic carboxylic acids is 1. The van der Waals surface area contributed by atoms with Crippen LogP contribution in [0.15, 0.2) is 34.9 Å². The van der Waals surface area contributed by atoms with Gasteiger partial charge in [0.1, 0.15) is 5.82 Å². The molecule has 1 aromatic heterocycles. The molecule has 1 aromatic carbocycles. The number of carbonyl (C=O) groups excluding carboxylic acids is 1. The highest BCUT2D eigenvalue weighted by molar-refractivity contribution is 5.90. The Kier molecular flexibility index (Phi) is 6.41. The second-order valence-electron chi connectivity index (χ2n) is 7.19. The Bertz CT molecular complexity index is 871. The van der Waals surface area contributed by atoms with E-state index in [0.717, 1.165) is 55.7 Å². The van der Waals surface area contributed by atoms with Gasteiger partial charge in [-0.15, -0.1) is 0 Å². The van der Waals surface area contributed by atoms with Crippen LogP contribution < -0.4 is 0 Å². The molecule has 1 N–H and O–H groups in total. The zero-order valence-corrected chi connectivity index (χ0v) is 15.6. The van der Waals surface area contributed by atoms with Crippen molar-refractivity contribution in [3.05, 3.63) is 41.9 Å². The fourth-order valence-electron chi connectivity index (χ4n) is 3.52. The second-order valence-corrected chi connectivity index (χ2v) is 7.19. The van der Waals surface area contributed by atoms with Crippen LogP contribution in [0.25, 0.3) is 11.0 Å². The number of carboxylic acid groups (broad SMARTS) is 1. The number of aromatic nitrogens is 1. The highest BCUT2D eigenvalue weighted by Gasteiger charge is 2.26. The zero-order valence-electron chi connectivity index (χ0n) is 15.6. The van der Waals surface area contributed by atoms with Gasteiger partial charge in [-0.05, 0) is 38.1 Å². The standard InChI is InChI=1S/C20H23FN2O5/c1-13(12-27-19(26)5-4-18(24)25)11-23-8-6-14(7-9-23)20-16-3-2-15(21)10-17(16)28-22-20/h2-5,10,13-14H,6-9,11-12H2,1H3,(H,24,25)/t13-/m0/s1. The van der Waals surface area contributed by atoms with Gasteiger partial charge in [0.25, 0.3) is 0 Å². The first-order valence-corrected chi connectivity index (χ1v) is 9.27. The molecule has 1 fully saturated rings. The molecule has 7 nitrogen and oxygen atoms in total. The van der Waals surface area contributed by atoms with Crippen molar-refractivity contribution in [2.24, 2.45) is 5.92 Å². The number of esters is 1. The summed E-state index contributed by atoms with van der Waals surface area (Å²) in [5.41, 5.74) is 1.37. The molecule has 150 valence electrons. The molecular formula is C20H23FN2O5. The Morgan fingerprint density at radius 1 is 1.39 bits per heavy atom. The van der Waals surface area contributed by atoms with Gasteiger partial charge >= 0.3 is 11.9 Å². The second kappa shape index (κ2) is 8.97. The molecule has 0 aliphatic carbocycles. The summed E-state index contributed by atoms with van der Waals surface area (Å²) in [7, 11) is 0. The molecule has 3 rings (SSSR count). The monoisotopic (exact) mass is 390 g/mol. The van der Waals surface area contributed by atoms with Gasteiger partial charge in [-0.1, -0.05) is 12.1 Å². The predicted molar refractivity (Wildman–Crippen MR) is 99.3 cm³/mol. The molecule has 28 heavy (non-hydrogen) atoms. The highest BCUT2D eigenvalue weighted by Crippen LogP contribution is 2.32. The Morgan fingerprint density at radius 3 is 2.86 bits per heavy atom. The Balaban J connectivity index is 1.46. The quantitative estimate of drug-likeness (QED) is 0.574. The molecule has 0 saturated carbocycles. The molecule has 1 aliphatic heterocycles. The van der Waals surface area contributed by atoms with Crippen molar-refractivity contribution in [1.29, 1.82) is 0 Å². The lowest BCUT2D eigenvalue weighted by molar-refractivity contribution is -0.140. The number of rotatable bonds is 7. The third-order valence-corrected chi connectivity index (χ3v) is 4.88. The molecule has 0 spiro atoms. The van der Waals surface area contributed by atoms with E-state index in [-0.39, 0.29) is 24.3 Å². The van der Waals surface area contributed by atoms with E-state index in [1.165, 1.54) is 12.1 Å². The van der Waals surface area contributed by atoms with Gasteiger partial charge in [0.15, 0.2) is 5.58 Å². The predicted octanol–water partition coefficient (Wildman–Crippen LogP) is 2.97. The summed E-state index contributed by atoms with van der Waals surface area (Å²) in [5.74, 6) is -1.76. The van der Waals surface area contributed by atoms with Crippen LogP contribution in [0.1, 0.15) is 31.4 Å². The first-order chi connectivity index (χ1) is 13.4. The number of hydrogen-bond acceptors (Lipinski definition) is 6. The maximum Gasteiger partial charge on any atom is 0.331 e. The van der Waals surface area contributed by atoms with Gasteiger partial charge in [-0.2, -0.15) is 0 Å². The van der Waals surface area contributed by atoms with Crippen LogP contribution in [0, 0.1) is 11.7 Å². The van der Waals surface area contributed by atoms with Crippen LogP contribution in [0.2, 0.25) is 0 Å². The number of carbonyl (C=O) groups is 2. The minimum Gasteiger partial charge on any atom is -0.478 e. The third kappa shape index (κ3) is 5.16. The van der Waals surface area contributed by atoms with Gasteiger partial charge in [-0.3, -0.25) is 0 Å². The first kappa shape index (κ1) is 20.0. The molecule has 8 heteroatoms. The molecule has 1 atom stereocenters. The summed E-state index contributed by atoms with van der Waals surface area (Å²) >= 11 is 0. The fraction of sp³-hybridized carbons (Fsp3) is 0.450. The fourth-order valence-corrected chi connectivity index (χ4v) is 3.52. The first-order valence-electron chi connectivity index (χ1n) is 9.27. The van der Waals surface area contributed by atoms with Crippen molar-refractivity contribution in [2.75, 3.05) is 26.2 Å². The van der Waals surface area contributed by atoms with Crippen LogP contribution in [-0.2, 0) is 14.3 Å². The SMILES string of the molecule is C[C@H](COC(=O)C=CC(=O)O)CN1CCC(c2noc3cc(F)ccc23)CC1. The van der Waals surface area contributed by atoms with E-state index < -0.39 is 11.9 Å². The van der Waals surface area contributed by atoms with Crippen molar-refractivity contribution in [1.82, 2.24) is 10.1 Å². The average Bonchev–Trinajstić information content (AvgIpc) is 3.08. The molecule has 0 unspecified atom stereocenters. The molecule has 1 saturated heterocycles. The van der Waals surface area contributed by atoms with Gasteiger partial charge < -0.3 is 19.3 Å². The molecule has 2 aromatic rings. The largest absolute Gasteiger partial charge is 0.478 e. The van der Waals surface area contributed by atoms with E-state index in [1.54, 1.807) is 6.07 Å². The summed E-state index contributed by atoms with van der Waals surface area (Å²) in [6, 6.07) is 4.50. The summed E-state index contributed by atoms with van der Waals surface area (Å²) in [6.07, 6.45) is 3.52. The zero-order chi connectivity index (χ0) is 20.1. The minimum atomic E-state index is -1.18. The Hall–Kier alpha value is -2.74. The van der Waals surface area contributed by atoms with E-state index in [9.17, 15) is 14.0 Å². The van der Waals surface area contributed by atoms with Crippen LogP contribution in [0.5, 0.6) is 0 Å². The van der Waals surface area contributed by atoms with Crippen LogP contribution in [0.4, 0.5) is 4.39 Å². The van der Waals surface area contributed by atoms with Gasteiger partial charge in [-0.25, -0.2) is 14.0 Å². The lowest BCUT2D eigenvalue weighted by Gasteiger charge is -2.32. The maximum atomic E-state index is 13.3. The average molecular weight is 390 g/mol. The summed E-state index contributed by atoms with van der Waals surface area (Å²) in [6.45, 7) is 4.78. The topological polar surface area (TPSA) is 92.9 Å². The number of piperidine rings is 1. The number of fused-ring (bicyclic) bond motifs is 1. The molecule has 0 radical (unpaired) electrons. The molecule has 0 bridgehead atoms. The smallest absolute Gasteiger partial charge is 0.331 e. The number of hydrogen-bond donors (Lipinski definition) is 1. The van der Waals surface area contributed by atoms with Crippen molar-refractivity contribution in [3.8, 4) is 0 Å². The third-order valence-electron chi connectivity index (χ3n) is 4.88. The van der Waals surface area contributed by atoms with E-state index in [0.29, 0.717) is 5.58 Å². The van der Waals surface area contributed by atoms with E-state index in [4.69, 9.17) is 14.4 Å². The maximum absolute atomic E-state index is 13.3. The van der Waals surface area contributed by atoms with Gasteiger partial charge in [0, 0.05) is 42.0 Å². The van der Waals surface area contributed by atoms with E-state index >= 15 is 0 Å². The molecular weight excluding hydrogens is 367 g/mol.